The van der Waals surface area contributed by atoms with E-state index in [2.05, 4.69) is 30.0 Å². The Kier molecular flexibility index (Phi) is 5.23. The number of benzene rings is 1. The highest BCUT2D eigenvalue weighted by Crippen LogP contribution is 2.27. The number of ether oxygens (including phenoxy) is 1. The van der Waals surface area contributed by atoms with Crippen molar-refractivity contribution in [2.24, 2.45) is 5.73 Å². The summed E-state index contributed by atoms with van der Waals surface area (Å²) in [5.41, 5.74) is 8.24. The maximum absolute atomic E-state index is 5.63. The first kappa shape index (κ1) is 14.4. The standard InChI is InChI=1S/C16H26N2O/c1-13-7-8-16(19-2)14(11-13)12-18-10-4-6-15(18)5-3-9-17/h7-8,11,15H,3-6,9-10,12,17H2,1-2H3. The van der Waals surface area contributed by atoms with Crippen LogP contribution in [0.15, 0.2) is 18.2 Å². The number of nitrogens with zero attached hydrogens (tertiary/aromatic N) is 1. The van der Waals surface area contributed by atoms with Crippen LogP contribution in [0, 0.1) is 6.92 Å². The van der Waals surface area contributed by atoms with E-state index >= 15 is 0 Å². The fraction of sp³-hybridized carbons (Fsp3) is 0.625. The third-order valence-corrected chi connectivity index (χ3v) is 4.05. The molecule has 1 unspecified atom stereocenters. The van der Waals surface area contributed by atoms with E-state index in [0.717, 1.165) is 25.3 Å². The molecule has 1 aromatic rings. The first-order valence-electron chi connectivity index (χ1n) is 7.32. The quantitative estimate of drug-likeness (QED) is 0.856. The molecule has 2 rings (SSSR count). The molecule has 1 heterocycles. The first-order chi connectivity index (χ1) is 9.24. The number of aryl methyl sites for hydroxylation is 1. The number of methoxy groups -OCH3 is 1. The van der Waals surface area contributed by atoms with E-state index in [1.807, 2.05) is 0 Å². The highest BCUT2D eigenvalue weighted by Gasteiger charge is 2.24. The second-order valence-electron chi connectivity index (χ2n) is 5.51. The Morgan fingerprint density at radius 3 is 3.00 bits per heavy atom. The third-order valence-electron chi connectivity index (χ3n) is 4.05. The zero-order valence-electron chi connectivity index (χ0n) is 12.2. The molecular formula is C16H26N2O. The summed E-state index contributed by atoms with van der Waals surface area (Å²) in [7, 11) is 1.75. The topological polar surface area (TPSA) is 38.5 Å². The van der Waals surface area contributed by atoms with Gasteiger partial charge in [0.1, 0.15) is 5.75 Å². The van der Waals surface area contributed by atoms with Gasteiger partial charge in [-0.25, -0.2) is 0 Å². The van der Waals surface area contributed by atoms with E-state index < -0.39 is 0 Å². The molecule has 0 radical (unpaired) electrons. The fourth-order valence-electron chi connectivity index (χ4n) is 3.03. The van der Waals surface area contributed by atoms with E-state index in [1.165, 1.54) is 36.9 Å². The van der Waals surface area contributed by atoms with Gasteiger partial charge in [-0.3, -0.25) is 4.90 Å². The van der Waals surface area contributed by atoms with Gasteiger partial charge < -0.3 is 10.5 Å². The van der Waals surface area contributed by atoms with Gasteiger partial charge in [0.2, 0.25) is 0 Å². The van der Waals surface area contributed by atoms with Gasteiger partial charge in [0, 0.05) is 18.2 Å². The van der Waals surface area contributed by atoms with Crippen molar-refractivity contribution in [3.05, 3.63) is 29.3 Å². The molecule has 1 atom stereocenters. The lowest BCUT2D eigenvalue weighted by Crippen LogP contribution is -2.29. The number of hydrogen-bond donors (Lipinski definition) is 1. The minimum absolute atomic E-state index is 0.703. The molecule has 1 fully saturated rings. The molecule has 1 aliphatic heterocycles. The Labute approximate surface area is 116 Å². The Bertz CT molecular complexity index is 406. The minimum atomic E-state index is 0.703. The maximum atomic E-state index is 5.63. The molecule has 1 saturated heterocycles. The summed E-state index contributed by atoms with van der Waals surface area (Å²) in [6.07, 6.45) is 4.98. The average Bonchev–Trinajstić information content (AvgIpc) is 2.84. The molecule has 1 aromatic carbocycles. The van der Waals surface area contributed by atoms with Crippen LogP contribution in [0.3, 0.4) is 0 Å². The average molecular weight is 262 g/mol. The molecule has 19 heavy (non-hydrogen) atoms. The van der Waals surface area contributed by atoms with Crippen molar-refractivity contribution in [2.75, 3.05) is 20.2 Å². The molecule has 0 saturated carbocycles. The van der Waals surface area contributed by atoms with Crippen molar-refractivity contribution >= 4 is 0 Å². The lowest BCUT2D eigenvalue weighted by Gasteiger charge is -2.25. The Hall–Kier alpha value is -1.06. The lowest BCUT2D eigenvalue weighted by molar-refractivity contribution is 0.229. The van der Waals surface area contributed by atoms with Crippen molar-refractivity contribution in [1.82, 2.24) is 4.90 Å². The lowest BCUT2D eigenvalue weighted by atomic mass is 10.1. The molecule has 3 heteroatoms. The molecule has 0 bridgehead atoms. The van der Waals surface area contributed by atoms with Gasteiger partial charge >= 0.3 is 0 Å². The summed E-state index contributed by atoms with van der Waals surface area (Å²) >= 11 is 0. The molecule has 0 aromatic heterocycles. The summed E-state index contributed by atoms with van der Waals surface area (Å²) in [4.78, 5) is 2.59. The number of hydrogen-bond acceptors (Lipinski definition) is 3. The molecular weight excluding hydrogens is 236 g/mol. The van der Waals surface area contributed by atoms with E-state index in [9.17, 15) is 0 Å². The molecule has 106 valence electrons. The van der Waals surface area contributed by atoms with Gasteiger partial charge in [-0.2, -0.15) is 0 Å². The van der Waals surface area contributed by atoms with Gasteiger partial charge in [0.15, 0.2) is 0 Å². The molecule has 0 spiro atoms. The number of nitrogens with two attached hydrogens (primary N) is 1. The predicted octanol–water partition coefficient (Wildman–Crippen LogP) is 2.71. The van der Waals surface area contributed by atoms with Crippen LogP contribution in [0.4, 0.5) is 0 Å². The van der Waals surface area contributed by atoms with Crippen LogP contribution in [-0.4, -0.2) is 31.1 Å². The van der Waals surface area contributed by atoms with Crippen LogP contribution in [0.5, 0.6) is 5.75 Å². The van der Waals surface area contributed by atoms with Gasteiger partial charge in [0.25, 0.3) is 0 Å². The SMILES string of the molecule is COc1ccc(C)cc1CN1CCCC1CCCN. The molecule has 1 aliphatic rings. The van der Waals surface area contributed by atoms with Crippen molar-refractivity contribution in [3.8, 4) is 5.75 Å². The van der Waals surface area contributed by atoms with E-state index in [4.69, 9.17) is 10.5 Å². The predicted molar refractivity (Wildman–Crippen MR) is 79.5 cm³/mol. The van der Waals surface area contributed by atoms with Crippen LogP contribution in [0.1, 0.15) is 36.8 Å². The Morgan fingerprint density at radius 2 is 2.26 bits per heavy atom. The van der Waals surface area contributed by atoms with Crippen molar-refractivity contribution < 1.29 is 4.74 Å². The van der Waals surface area contributed by atoms with Gasteiger partial charge in [-0.1, -0.05) is 17.7 Å². The van der Waals surface area contributed by atoms with Crippen LogP contribution in [-0.2, 0) is 6.54 Å². The maximum Gasteiger partial charge on any atom is 0.123 e. The summed E-state index contributed by atoms with van der Waals surface area (Å²) < 4.78 is 5.48. The minimum Gasteiger partial charge on any atom is -0.496 e. The van der Waals surface area contributed by atoms with Crippen LogP contribution >= 0.6 is 0 Å². The second kappa shape index (κ2) is 6.92. The van der Waals surface area contributed by atoms with E-state index in [1.54, 1.807) is 7.11 Å². The van der Waals surface area contributed by atoms with Gasteiger partial charge in [-0.05, 0) is 51.8 Å². The van der Waals surface area contributed by atoms with Crippen LogP contribution < -0.4 is 10.5 Å². The third kappa shape index (κ3) is 3.71. The molecule has 3 nitrogen and oxygen atoms in total. The van der Waals surface area contributed by atoms with Crippen molar-refractivity contribution in [2.45, 2.75) is 45.2 Å². The van der Waals surface area contributed by atoms with E-state index in [0.29, 0.717) is 6.04 Å². The van der Waals surface area contributed by atoms with Crippen molar-refractivity contribution in [3.63, 3.8) is 0 Å². The first-order valence-corrected chi connectivity index (χ1v) is 7.32. The van der Waals surface area contributed by atoms with Crippen LogP contribution in [0.2, 0.25) is 0 Å². The molecule has 0 amide bonds. The highest BCUT2D eigenvalue weighted by molar-refractivity contribution is 5.36. The molecule has 2 N–H and O–H groups in total. The Morgan fingerprint density at radius 1 is 1.42 bits per heavy atom. The Balaban J connectivity index is 2.05. The zero-order chi connectivity index (χ0) is 13.7. The molecule has 0 aliphatic carbocycles. The van der Waals surface area contributed by atoms with Gasteiger partial charge in [0.05, 0.1) is 7.11 Å². The number of likely N-dealkylation sites (tertiary alicyclic amines) is 1. The summed E-state index contributed by atoms with van der Waals surface area (Å²) in [5, 5.41) is 0. The summed E-state index contributed by atoms with van der Waals surface area (Å²) in [6, 6.07) is 7.14. The smallest absolute Gasteiger partial charge is 0.123 e. The summed E-state index contributed by atoms with van der Waals surface area (Å²) in [5.74, 6) is 1.01. The second-order valence-corrected chi connectivity index (χ2v) is 5.51. The largest absolute Gasteiger partial charge is 0.496 e. The monoisotopic (exact) mass is 262 g/mol. The van der Waals surface area contributed by atoms with E-state index in [-0.39, 0.29) is 0 Å². The van der Waals surface area contributed by atoms with Crippen molar-refractivity contribution in [1.29, 1.82) is 0 Å². The fourth-order valence-corrected chi connectivity index (χ4v) is 3.03. The van der Waals surface area contributed by atoms with Crippen LogP contribution in [0.25, 0.3) is 0 Å². The number of rotatable bonds is 6. The van der Waals surface area contributed by atoms with Gasteiger partial charge in [-0.15, -0.1) is 0 Å². The highest BCUT2D eigenvalue weighted by atomic mass is 16.5. The normalized spacial score (nSPS) is 19.8. The zero-order valence-corrected chi connectivity index (χ0v) is 12.2. The summed E-state index contributed by atoms with van der Waals surface area (Å²) in [6.45, 7) is 5.14.